The van der Waals surface area contributed by atoms with Crippen molar-refractivity contribution in [1.82, 2.24) is 9.80 Å². The molecule has 1 aliphatic carbocycles. The van der Waals surface area contributed by atoms with Crippen LogP contribution in [-0.2, 0) is 19.8 Å². The van der Waals surface area contributed by atoms with E-state index in [4.69, 9.17) is 0 Å². The molecule has 3 aliphatic rings. The topological polar surface area (TPSA) is 77.9 Å². The Bertz CT molecular complexity index is 1050. The van der Waals surface area contributed by atoms with Gasteiger partial charge in [-0.05, 0) is 48.8 Å². The summed E-state index contributed by atoms with van der Waals surface area (Å²) in [5.41, 5.74) is 1.63. The maximum atomic E-state index is 13.7. The van der Waals surface area contributed by atoms with Crippen LogP contribution < -0.4 is 0 Å². The van der Waals surface area contributed by atoms with Crippen LogP contribution in [-0.4, -0.2) is 57.9 Å². The summed E-state index contributed by atoms with van der Waals surface area (Å²) in [7, 11) is 0. The number of piperidine rings is 1. The standard InChI is InChI=1S/C27H30N2O4/c30-18-23-8-4-5-15-28(23)24(31)16-27(17-25(32)29(26(27)33)22-13-14-22)21-11-9-20(10-12-21)19-6-2-1-3-7-19/h1-3,6-7,9-12,22-23,30H,4-5,8,13-18H2/t23-,27-/m0/s1. The van der Waals surface area contributed by atoms with Gasteiger partial charge >= 0.3 is 0 Å². The number of aliphatic hydroxyl groups is 1. The molecule has 6 heteroatoms. The summed E-state index contributed by atoms with van der Waals surface area (Å²) in [6.07, 6.45) is 4.30. The fourth-order valence-electron chi connectivity index (χ4n) is 5.42. The number of carbonyl (C=O) groups excluding carboxylic acids is 3. The molecule has 2 aliphatic heterocycles. The van der Waals surface area contributed by atoms with E-state index >= 15 is 0 Å². The number of nitrogens with zero attached hydrogens (tertiary/aromatic N) is 2. The Hall–Kier alpha value is -2.99. The van der Waals surface area contributed by atoms with Crippen molar-refractivity contribution in [3.8, 4) is 11.1 Å². The van der Waals surface area contributed by atoms with Gasteiger partial charge in [-0.1, -0.05) is 54.6 Å². The Balaban J connectivity index is 1.49. The number of carbonyl (C=O) groups is 3. The summed E-state index contributed by atoms with van der Waals surface area (Å²) in [5.74, 6) is -0.576. The molecule has 0 unspecified atom stereocenters. The molecule has 1 N–H and O–H groups in total. The van der Waals surface area contributed by atoms with Gasteiger partial charge in [0.1, 0.15) is 0 Å². The van der Waals surface area contributed by atoms with Crippen molar-refractivity contribution in [1.29, 1.82) is 0 Å². The van der Waals surface area contributed by atoms with Crippen molar-refractivity contribution in [3.05, 3.63) is 60.2 Å². The summed E-state index contributed by atoms with van der Waals surface area (Å²) >= 11 is 0. The lowest BCUT2D eigenvalue weighted by Gasteiger charge is -2.37. The largest absolute Gasteiger partial charge is 0.394 e. The predicted octanol–water partition coefficient (Wildman–Crippen LogP) is 3.28. The van der Waals surface area contributed by atoms with Gasteiger partial charge in [0, 0.05) is 25.4 Å². The Morgan fingerprint density at radius 2 is 1.64 bits per heavy atom. The van der Waals surface area contributed by atoms with Crippen LogP contribution in [0.15, 0.2) is 54.6 Å². The van der Waals surface area contributed by atoms with Gasteiger partial charge < -0.3 is 10.0 Å². The zero-order valence-corrected chi connectivity index (χ0v) is 18.8. The molecule has 0 aromatic heterocycles. The van der Waals surface area contributed by atoms with Gasteiger partial charge in [0.25, 0.3) is 0 Å². The Labute approximate surface area is 194 Å². The molecule has 0 radical (unpaired) electrons. The number of amides is 3. The molecule has 0 spiro atoms. The molecule has 2 aromatic rings. The van der Waals surface area contributed by atoms with Crippen LogP contribution in [0.3, 0.4) is 0 Å². The van der Waals surface area contributed by atoms with Crippen molar-refractivity contribution in [2.24, 2.45) is 0 Å². The van der Waals surface area contributed by atoms with Crippen LogP contribution in [0.2, 0.25) is 0 Å². The summed E-state index contributed by atoms with van der Waals surface area (Å²) in [4.78, 5) is 43.3. The number of imide groups is 1. The first-order valence-corrected chi connectivity index (χ1v) is 12.0. The van der Waals surface area contributed by atoms with E-state index in [-0.39, 0.29) is 49.3 Å². The van der Waals surface area contributed by atoms with Crippen molar-refractivity contribution < 1.29 is 19.5 Å². The zero-order valence-electron chi connectivity index (χ0n) is 18.8. The number of rotatable bonds is 6. The second kappa shape index (κ2) is 8.75. The van der Waals surface area contributed by atoms with Gasteiger partial charge in [-0.2, -0.15) is 0 Å². The average molecular weight is 447 g/mol. The minimum Gasteiger partial charge on any atom is -0.394 e. The molecule has 3 fully saturated rings. The first-order valence-electron chi connectivity index (χ1n) is 12.0. The molecule has 3 amide bonds. The lowest BCUT2D eigenvalue weighted by molar-refractivity contribution is -0.144. The molecule has 6 nitrogen and oxygen atoms in total. The summed E-state index contributed by atoms with van der Waals surface area (Å²) in [5, 5.41) is 9.79. The van der Waals surface area contributed by atoms with Gasteiger partial charge in [-0.15, -0.1) is 0 Å². The van der Waals surface area contributed by atoms with Crippen LogP contribution in [0.1, 0.15) is 50.5 Å². The smallest absolute Gasteiger partial charge is 0.241 e. The molecule has 2 aromatic carbocycles. The third-order valence-corrected chi connectivity index (χ3v) is 7.42. The number of hydrogen-bond acceptors (Lipinski definition) is 4. The van der Waals surface area contributed by atoms with E-state index in [1.54, 1.807) is 4.90 Å². The highest BCUT2D eigenvalue weighted by molar-refractivity contribution is 6.11. The van der Waals surface area contributed by atoms with E-state index < -0.39 is 5.41 Å². The monoisotopic (exact) mass is 446 g/mol. The maximum absolute atomic E-state index is 13.7. The van der Waals surface area contributed by atoms with Crippen LogP contribution in [0, 0.1) is 0 Å². The summed E-state index contributed by atoms with van der Waals surface area (Å²) < 4.78 is 0. The molecule has 1 saturated carbocycles. The van der Waals surface area contributed by atoms with Gasteiger partial charge in [0.2, 0.25) is 17.7 Å². The predicted molar refractivity (Wildman–Crippen MR) is 124 cm³/mol. The Kier molecular flexibility index (Phi) is 5.79. The van der Waals surface area contributed by atoms with Gasteiger partial charge in [-0.25, -0.2) is 0 Å². The van der Waals surface area contributed by atoms with Crippen LogP contribution in [0.4, 0.5) is 0 Å². The number of benzene rings is 2. The highest BCUT2D eigenvalue weighted by atomic mass is 16.3. The minimum atomic E-state index is -1.18. The van der Waals surface area contributed by atoms with E-state index in [2.05, 4.69) is 0 Å². The van der Waals surface area contributed by atoms with E-state index in [1.165, 1.54) is 4.90 Å². The first-order chi connectivity index (χ1) is 16.0. The average Bonchev–Trinajstić information content (AvgIpc) is 3.65. The van der Waals surface area contributed by atoms with Crippen LogP contribution in [0.5, 0.6) is 0 Å². The molecule has 2 heterocycles. The Morgan fingerprint density at radius 1 is 0.939 bits per heavy atom. The number of hydrogen-bond donors (Lipinski definition) is 1. The zero-order chi connectivity index (χ0) is 23.0. The van der Waals surface area contributed by atoms with Gasteiger partial charge in [-0.3, -0.25) is 19.3 Å². The fraction of sp³-hybridized carbons (Fsp3) is 0.444. The lowest BCUT2D eigenvalue weighted by atomic mass is 9.75. The first kappa shape index (κ1) is 21.8. The van der Waals surface area contributed by atoms with Gasteiger partial charge in [0.05, 0.1) is 18.1 Å². The van der Waals surface area contributed by atoms with E-state index in [9.17, 15) is 19.5 Å². The molecule has 0 bridgehead atoms. The van der Waals surface area contributed by atoms with Crippen molar-refractivity contribution >= 4 is 17.7 Å². The molecular formula is C27H30N2O4. The maximum Gasteiger partial charge on any atom is 0.241 e. The van der Waals surface area contributed by atoms with E-state index in [0.29, 0.717) is 6.54 Å². The van der Waals surface area contributed by atoms with Crippen molar-refractivity contribution in [3.63, 3.8) is 0 Å². The quantitative estimate of drug-likeness (QED) is 0.691. The van der Waals surface area contributed by atoms with Crippen LogP contribution in [0.25, 0.3) is 11.1 Å². The summed E-state index contributed by atoms with van der Waals surface area (Å²) in [6, 6.07) is 17.5. The minimum absolute atomic E-state index is 0.0225. The summed E-state index contributed by atoms with van der Waals surface area (Å²) in [6.45, 7) is 0.507. The highest BCUT2D eigenvalue weighted by Crippen LogP contribution is 2.45. The number of likely N-dealkylation sites (tertiary alicyclic amines) is 2. The van der Waals surface area contributed by atoms with E-state index in [1.807, 2.05) is 54.6 Å². The third kappa shape index (κ3) is 3.97. The second-order valence-electron chi connectivity index (χ2n) is 9.60. The van der Waals surface area contributed by atoms with Gasteiger partial charge in [0.15, 0.2) is 0 Å². The fourth-order valence-corrected chi connectivity index (χ4v) is 5.42. The second-order valence-corrected chi connectivity index (χ2v) is 9.60. The Morgan fingerprint density at radius 3 is 2.30 bits per heavy atom. The molecule has 2 saturated heterocycles. The SMILES string of the molecule is O=C1C[C@@](CC(=O)N2CCCC[C@H]2CO)(c2ccc(-c3ccccc3)cc2)C(=O)N1C1CC1. The van der Waals surface area contributed by atoms with Crippen molar-refractivity contribution in [2.75, 3.05) is 13.2 Å². The molecule has 5 rings (SSSR count). The lowest BCUT2D eigenvalue weighted by Crippen LogP contribution is -2.49. The van der Waals surface area contributed by atoms with Crippen LogP contribution >= 0.6 is 0 Å². The molecule has 2 atom stereocenters. The van der Waals surface area contributed by atoms with Crippen molar-refractivity contribution in [2.45, 2.75) is 62.4 Å². The molecule has 33 heavy (non-hydrogen) atoms. The number of aliphatic hydroxyl groups excluding tert-OH is 1. The normalized spacial score (nSPS) is 25.5. The third-order valence-electron chi connectivity index (χ3n) is 7.42. The molecule has 172 valence electrons. The molecular weight excluding hydrogens is 416 g/mol. The highest BCUT2D eigenvalue weighted by Gasteiger charge is 2.57. The van der Waals surface area contributed by atoms with E-state index in [0.717, 1.165) is 48.8 Å².